The lowest BCUT2D eigenvalue weighted by Gasteiger charge is -2.20. The number of nitrogens with zero attached hydrogens (tertiary/aromatic N) is 4. The Labute approximate surface area is 188 Å². The molecule has 0 atom stereocenters. The maximum absolute atomic E-state index is 13.2. The summed E-state index contributed by atoms with van der Waals surface area (Å²) in [5.74, 6) is -3.25. The third-order valence-corrected chi connectivity index (χ3v) is 4.87. The summed E-state index contributed by atoms with van der Waals surface area (Å²) in [6.07, 6.45) is 0.132. The van der Waals surface area contributed by atoms with Gasteiger partial charge in [-0.15, -0.1) is 0 Å². The highest BCUT2D eigenvalue weighted by molar-refractivity contribution is 6.34. The predicted octanol–water partition coefficient (Wildman–Crippen LogP) is 2.44. The fourth-order valence-corrected chi connectivity index (χ4v) is 3.23. The van der Waals surface area contributed by atoms with E-state index in [1.807, 2.05) is 12.1 Å². The van der Waals surface area contributed by atoms with Gasteiger partial charge in [0.2, 0.25) is 0 Å². The van der Waals surface area contributed by atoms with Crippen LogP contribution in [0.1, 0.15) is 43.9 Å². The minimum absolute atomic E-state index is 0.0187. The normalized spacial score (nSPS) is 12.0. The number of benzene rings is 2. The summed E-state index contributed by atoms with van der Waals surface area (Å²) in [5, 5.41) is 17.4. The summed E-state index contributed by atoms with van der Waals surface area (Å²) in [7, 11) is 0. The maximum Gasteiger partial charge on any atom is 0.338 e. The first kappa shape index (κ1) is 23.1. The molecule has 0 fully saturated rings. The molecule has 0 bridgehead atoms. The second kappa shape index (κ2) is 10.2. The number of carbonyl (C=O) groups excluding carboxylic acids is 4. The molecule has 3 amide bonds. The Kier molecular flexibility index (Phi) is 7.11. The minimum Gasteiger partial charge on any atom is -0.452 e. The molecule has 0 spiro atoms. The summed E-state index contributed by atoms with van der Waals surface area (Å²) in [6, 6.07) is 12.4. The summed E-state index contributed by atoms with van der Waals surface area (Å²) in [4.78, 5) is 52.3. The first-order valence-electron chi connectivity index (χ1n) is 9.84. The van der Waals surface area contributed by atoms with Crippen LogP contribution in [0.25, 0.3) is 0 Å². The zero-order valence-electron chi connectivity index (χ0n) is 17.3. The van der Waals surface area contributed by atoms with Crippen LogP contribution in [0.5, 0.6) is 0 Å². The first-order chi connectivity index (χ1) is 15.9. The molecule has 2 aromatic rings. The van der Waals surface area contributed by atoms with Crippen molar-refractivity contribution in [1.29, 1.82) is 10.5 Å². The van der Waals surface area contributed by atoms with Gasteiger partial charge in [-0.1, -0.05) is 0 Å². The Balaban J connectivity index is 1.71. The van der Waals surface area contributed by atoms with Gasteiger partial charge in [-0.2, -0.15) is 10.5 Å². The first-order valence-corrected chi connectivity index (χ1v) is 9.84. The van der Waals surface area contributed by atoms with Crippen LogP contribution in [0, 0.1) is 28.5 Å². The van der Waals surface area contributed by atoms with Crippen LogP contribution in [0.3, 0.4) is 0 Å². The van der Waals surface area contributed by atoms with Crippen molar-refractivity contribution >= 4 is 29.4 Å². The molecule has 0 aromatic heterocycles. The monoisotopic (exact) mass is 448 g/mol. The van der Waals surface area contributed by atoms with E-state index in [-0.39, 0.29) is 48.3 Å². The Morgan fingerprint density at radius 1 is 0.939 bits per heavy atom. The van der Waals surface area contributed by atoms with E-state index < -0.39 is 36.1 Å². The van der Waals surface area contributed by atoms with Crippen LogP contribution in [0.15, 0.2) is 42.5 Å². The van der Waals surface area contributed by atoms with Gasteiger partial charge < -0.3 is 9.64 Å². The number of halogens is 1. The number of anilines is 1. The van der Waals surface area contributed by atoms with Gasteiger partial charge in [0.1, 0.15) is 5.82 Å². The van der Waals surface area contributed by atoms with E-state index in [9.17, 15) is 23.6 Å². The van der Waals surface area contributed by atoms with Crippen molar-refractivity contribution in [2.75, 3.05) is 24.6 Å². The highest BCUT2D eigenvalue weighted by Crippen LogP contribution is 2.29. The molecule has 0 saturated carbocycles. The molecule has 0 aliphatic carbocycles. The Bertz CT molecular complexity index is 1180. The Morgan fingerprint density at radius 3 is 2.15 bits per heavy atom. The number of esters is 1. The standard InChI is InChI=1S/C23H17FN4O5/c24-16-4-6-17(7-5-16)28-21(30)18-8-3-15(13-19(18)22(28)31)23(32)33-14-20(29)27(11-1-9-25)12-2-10-26/h3-8,13H,1-2,11-12,14H2. The largest absolute Gasteiger partial charge is 0.452 e. The van der Waals surface area contributed by atoms with Crippen molar-refractivity contribution in [2.45, 2.75) is 12.8 Å². The van der Waals surface area contributed by atoms with Crippen LogP contribution in [0.2, 0.25) is 0 Å². The molecule has 3 rings (SSSR count). The zero-order valence-corrected chi connectivity index (χ0v) is 17.3. The van der Waals surface area contributed by atoms with Crippen molar-refractivity contribution in [1.82, 2.24) is 4.90 Å². The molecular formula is C23H17FN4O5. The molecule has 33 heavy (non-hydrogen) atoms. The molecular weight excluding hydrogens is 431 g/mol. The number of ether oxygens (including phenoxy) is 1. The molecule has 0 N–H and O–H groups in total. The van der Waals surface area contributed by atoms with Gasteiger partial charge in [0.25, 0.3) is 17.7 Å². The molecule has 2 aromatic carbocycles. The molecule has 1 aliphatic rings. The highest BCUT2D eigenvalue weighted by Gasteiger charge is 2.37. The highest BCUT2D eigenvalue weighted by atomic mass is 19.1. The van der Waals surface area contributed by atoms with Gasteiger partial charge in [0, 0.05) is 13.1 Å². The number of hydrogen-bond acceptors (Lipinski definition) is 7. The summed E-state index contributed by atoms with van der Waals surface area (Å²) in [5.41, 5.74) is 0.210. The van der Waals surface area contributed by atoms with Gasteiger partial charge in [-0.3, -0.25) is 14.4 Å². The zero-order chi connectivity index (χ0) is 24.0. The number of imide groups is 1. The average molecular weight is 448 g/mol. The van der Waals surface area contributed by atoms with Crippen LogP contribution in [-0.2, 0) is 9.53 Å². The second-order valence-electron chi connectivity index (χ2n) is 6.96. The third kappa shape index (κ3) is 5.02. The Morgan fingerprint density at radius 2 is 1.55 bits per heavy atom. The number of fused-ring (bicyclic) bond motifs is 1. The fourth-order valence-electron chi connectivity index (χ4n) is 3.23. The van der Waals surface area contributed by atoms with E-state index >= 15 is 0 Å². The molecule has 1 aliphatic heterocycles. The summed E-state index contributed by atoms with van der Waals surface area (Å²) < 4.78 is 18.2. The van der Waals surface area contributed by atoms with Crippen molar-refractivity contribution in [2.24, 2.45) is 0 Å². The molecule has 166 valence electrons. The van der Waals surface area contributed by atoms with Crippen LogP contribution in [0.4, 0.5) is 10.1 Å². The molecule has 0 radical (unpaired) electrons. The van der Waals surface area contributed by atoms with Gasteiger partial charge in [-0.05, 0) is 42.5 Å². The number of rotatable bonds is 8. The van der Waals surface area contributed by atoms with E-state index in [1.165, 1.54) is 35.2 Å². The Hall–Kier alpha value is -4.57. The lowest BCUT2D eigenvalue weighted by atomic mass is 10.1. The SMILES string of the molecule is N#CCCN(CCC#N)C(=O)COC(=O)c1ccc2c(c1)C(=O)N(c1ccc(F)cc1)C2=O. The van der Waals surface area contributed by atoms with E-state index in [0.29, 0.717) is 0 Å². The van der Waals surface area contributed by atoms with Crippen molar-refractivity contribution in [3.05, 3.63) is 65.0 Å². The maximum atomic E-state index is 13.2. The van der Waals surface area contributed by atoms with Gasteiger partial charge in [0.15, 0.2) is 6.61 Å². The van der Waals surface area contributed by atoms with Crippen molar-refractivity contribution in [3.63, 3.8) is 0 Å². The number of amides is 3. The minimum atomic E-state index is -0.882. The van der Waals surface area contributed by atoms with Crippen molar-refractivity contribution in [3.8, 4) is 12.1 Å². The van der Waals surface area contributed by atoms with Crippen molar-refractivity contribution < 1.29 is 28.3 Å². The smallest absolute Gasteiger partial charge is 0.338 e. The van der Waals surface area contributed by atoms with Gasteiger partial charge >= 0.3 is 5.97 Å². The van der Waals surface area contributed by atoms with Crippen LogP contribution >= 0.6 is 0 Å². The number of hydrogen-bond donors (Lipinski definition) is 0. The lowest BCUT2D eigenvalue weighted by molar-refractivity contribution is -0.134. The number of nitriles is 2. The summed E-state index contributed by atoms with van der Waals surface area (Å²) >= 11 is 0. The molecule has 9 nitrogen and oxygen atoms in total. The third-order valence-electron chi connectivity index (χ3n) is 4.87. The second-order valence-corrected chi connectivity index (χ2v) is 6.96. The average Bonchev–Trinajstić information content (AvgIpc) is 3.07. The van der Waals surface area contributed by atoms with E-state index in [2.05, 4.69) is 0 Å². The molecule has 0 saturated heterocycles. The van der Waals surface area contributed by atoms with E-state index in [4.69, 9.17) is 15.3 Å². The van der Waals surface area contributed by atoms with Gasteiger partial charge in [0.05, 0.1) is 47.4 Å². The molecule has 1 heterocycles. The molecule has 10 heteroatoms. The topological polar surface area (TPSA) is 132 Å². The summed E-state index contributed by atoms with van der Waals surface area (Å²) in [6.45, 7) is -0.409. The van der Waals surface area contributed by atoms with E-state index in [0.717, 1.165) is 17.0 Å². The van der Waals surface area contributed by atoms with E-state index in [1.54, 1.807) is 0 Å². The quantitative estimate of drug-likeness (QED) is 0.448. The lowest BCUT2D eigenvalue weighted by Crippen LogP contribution is -2.36. The van der Waals surface area contributed by atoms with Crippen LogP contribution < -0.4 is 4.90 Å². The number of carbonyl (C=O) groups is 4. The van der Waals surface area contributed by atoms with Gasteiger partial charge in [-0.25, -0.2) is 14.1 Å². The fraction of sp³-hybridized carbons (Fsp3) is 0.217. The van der Waals surface area contributed by atoms with Crippen LogP contribution in [-0.4, -0.2) is 48.3 Å². The molecule has 0 unspecified atom stereocenters. The predicted molar refractivity (Wildman–Crippen MR) is 111 cm³/mol.